The molecule has 0 aliphatic heterocycles. The van der Waals surface area contributed by atoms with Gasteiger partial charge in [0.25, 0.3) is 0 Å². The van der Waals surface area contributed by atoms with Crippen molar-refractivity contribution in [2.75, 3.05) is 0 Å². The first-order valence-corrected chi connectivity index (χ1v) is 4.17. The van der Waals surface area contributed by atoms with Crippen LogP contribution >= 0.6 is 0 Å². The number of benzene rings is 1. The average Bonchev–Trinajstić information content (AvgIpc) is 2.17. The van der Waals surface area contributed by atoms with E-state index in [0.29, 0.717) is 0 Å². The molecule has 0 fully saturated rings. The summed E-state index contributed by atoms with van der Waals surface area (Å²) in [5.74, 6) is -2.14. The number of para-hydroxylation sites is 1. The van der Waals surface area contributed by atoms with Crippen LogP contribution in [0.15, 0.2) is 18.2 Å². The van der Waals surface area contributed by atoms with Crippen molar-refractivity contribution in [2.24, 2.45) is 0 Å². The summed E-state index contributed by atoms with van der Waals surface area (Å²) in [5.41, 5.74) is 0.364. The summed E-state index contributed by atoms with van der Waals surface area (Å²) in [6.45, 7) is 0.644. The molecule has 0 aromatic heterocycles. The number of aromatic hydroxyl groups is 1. The maximum Gasteiger partial charge on any atom is 0.310 e. The maximum atomic E-state index is 12.3. The van der Waals surface area contributed by atoms with E-state index in [1.165, 1.54) is 25.1 Å². The Morgan fingerprint density at radius 1 is 1.57 bits per heavy atom. The number of aliphatic carboxylic acids is 1. The second-order valence-electron chi connectivity index (χ2n) is 3.05. The first-order chi connectivity index (χ1) is 6.57. The van der Waals surface area contributed by atoms with E-state index in [-0.39, 0.29) is 16.9 Å². The molecule has 1 aromatic rings. The highest BCUT2D eigenvalue weighted by Crippen LogP contribution is 2.29. The van der Waals surface area contributed by atoms with Gasteiger partial charge in [0.15, 0.2) is 0 Å². The molecule has 0 saturated carbocycles. The summed E-state index contributed by atoms with van der Waals surface area (Å²) in [5, 5.41) is 18.2. The van der Waals surface area contributed by atoms with E-state index in [2.05, 4.69) is 0 Å². The molecule has 2 N–H and O–H groups in total. The molecule has 0 aliphatic rings. The number of phenolic OH excluding ortho intramolecular Hbond substituents is 1. The lowest BCUT2D eigenvalue weighted by atomic mass is 9.98. The Morgan fingerprint density at radius 3 is 2.71 bits per heavy atom. The van der Waals surface area contributed by atoms with Crippen LogP contribution in [0.1, 0.15) is 24.0 Å². The first-order valence-electron chi connectivity index (χ1n) is 4.17. The molecule has 0 saturated heterocycles. The molecule has 0 bridgehead atoms. The van der Waals surface area contributed by atoms with Crippen LogP contribution in [0, 0.1) is 0 Å². The first kappa shape index (κ1) is 10.5. The smallest absolute Gasteiger partial charge is 0.310 e. The molecular weight excluding hydrogens is 187 g/mol. The van der Waals surface area contributed by atoms with Crippen molar-refractivity contribution in [3.05, 3.63) is 29.3 Å². The Balaban J connectivity index is 3.15. The summed E-state index contributed by atoms with van der Waals surface area (Å²) >= 11 is 0. The SMILES string of the molecule is CC(C(=O)O)c1cccc(CF)c1O. The van der Waals surface area contributed by atoms with Gasteiger partial charge in [-0.3, -0.25) is 4.79 Å². The van der Waals surface area contributed by atoms with E-state index in [9.17, 15) is 14.3 Å². The van der Waals surface area contributed by atoms with E-state index < -0.39 is 18.6 Å². The number of hydrogen-bond donors (Lipinski definition) is 2. The Bertz CT molecular complexity index is 349. The predicted molar refractivity (Wildman–Crippen MR) is 49.0 cm³/mol. The lowest BCUT2D eigenvalue weighted by molar-refractivity contribution is -0.138. The number of rotatable bonds is 3. The van der Waals surface area contributed by atoms with Gasteiger partial charge in [-0.05, 0) is 6.92 Å². The molecule has 76 valence electrons. The minimum Gasteiger partial charge on any atom is -0.507 e. The summed E-state index contributed by atoms with van der Waals surface area (Å²) < 4.78 is 12.3. The Labute approximate surface area is 80.8 Å². The van der Waals surface area contributed by atoms with Crippen molar-refractivity contribution in [3.8, 4) is 5.75 Å². The van der Waals surface area contributed by atoms with Gasteiger partial charge < -0.3 is 10.2 Å². The third kappa shape index (κ3) is 1.84. The molecule has 0 spiro atoms. The zero-order valence-corrected chi connectivity index (χ0v) is 7.70. The number of carboxylic acid groups (broad SMARTS) is 1. The minimum absolute atomic E-state index is 0.121. The molecule has 0 aliphatic carbocycles. The topological polar surface area (TPSA) is 57.5 Å². The van der Waals surface area contributed by atoms with Crippen molar-refractivity contribution >= 4 is 5.97 Å². The maximum absolute atomic E-state index is 12.3. The average molecular weight is 198 g/mol. The van der Waals surface area contributed by atoms with Gasteiger partial charge in [0.05, 0.1) is 5.92 Å². The lowest BCUT2D eigenvalue weighted by Gasteiger charge is -2.10. The highest BCUT2D eigenvalue weighted by Gasteiger charge is 2.18. The Morgan fingerprint density at radius 2 is 2.21 bits per heavy atom. The van der Waals surface area contributed by atoms with Crippen LogP contribution in [0.5, 0.6) is 5.75 Å². The monoisotopic (exact) mass is 198 g/mol. The normalized spacial score (nSPS) is 12.4. The number of halogens is 1. The van der Waals surface area contributed by atoms with Crippen LogP contribution in [0.4, 0.5) is 4.39 Å². The predicted octanol–water partition coefficient (Wildman–Crippen LogP) is 2.05. The number of phenols is 1. The number of carbonyl (C=O) groups is 1. The fourth-order valence-electron chi connectivity index (χ4n) is 1.20. The van der Waals surface area contributed by atoms with Crippen molar-refractivity contribution in [1.29, 1.82) is 0 Å². The second-order valence-corrected chi connectivity index (χ2v) is 3.05. The largest absolute Gasteiger partial charge is 0.507 e. The zero-order chi connectivity index (χ0) is 10.7. The molecule has 0 heterocycles. The molecule has 0 amide bonds. The van der Waals surface area contributed by atoms with E-state index in [1.807, 2.05) is 0 Å². The van der Waals surface area contributed by atoms with Crippen molar-refractivity contribution in [3.63, 3.8) is 0 Å². The molecule has 1 atom stereocenters. The van der Waals surface area contributed by atoms with Crippen LogP contribution < -0.4 is 0 Å². The summed E-state index contributed by atoms with van der Waals surface area (Å²) in [4.78, 5) is 10.6. The molecule has 3 nitrogen and oxygen atoms in total. The fourth-order valence-corrected chi connectivity index (χ4v) is 1.20. The number of alkyl halides is 1. The summed E-state index contributed by atoms with van der Waals surface area (Å²) in [6, 6.07) is 4.43. The molecule has 1 unspecified atom stereocenters. The van der Waals surface area contributed by atoms with Gasteiger partial charge in [-0.1, -0.05) is 18.2 Å². The van der Waals surface area contributed by atoms with Gasteiger partial charge in [-0.25, -0.2) is 4.39 Å². The number of hydrogen-bond acceptors (Lipinski definition) is 2. The highest BCUT2D eigenvalue weighted by atomic mass is 19.1. The summed E-state index contributed by atoms with van der Waals surface area (Å²) in [7, 11) is 0. The van der Waals surface area contributed by atoms with Gasteiger partial charge in [-0.2, -0.15) is 0 Å². The Hall–Kier alpha value is -1.58. The van der Waals surface area contributed by atoms with E-state index in [0.717, 1.165) is 0 Å². The van der Waals surface area contributed by atoms with Crippen LogP contribution in [0.25, 0.3) is 0 Å². The van der Waals surface area contributed by atoms with Crippen molar-refractivity contribution in [1.82, 2.24) is 0 Å². The molecule has 14 heavy (non-hydrogen) atoms. The van der Waals surface area contributed by atoms with Crippen LogP contribution in [-0.2, 0) is 11.5 Å². The quantitative estimate of drug-likeness (QED) is 0.781. The molecule has 1 aromatic carbocycles. The minimum atomic E-state index is -1.05. The summed E-state index contributed by atoms with van der Waals surface area (Å²) in [6.07, 6.45) is 0. The van der Waals surface area contributed by atoms with Gasteiger partial charge in [0, 0.05) is 11.1 Å². The zero-order valence-electron chi connectivity index (χ0n) is 7.70. The van der Waals surface area contributed by atoms with E-state index in [1.54, 1.807) is 0 Å². The highest BCUT2D eigenvalue weighted by molar-refractivity contribution is 5.76. The fraction of sp³-hybridized carbons (Fsp3) is 0.300. The Kier molecular flexibility index (Phi) is 3.06. The van der Waals surface area contributed by atoms with Crippen LogP contribution in [0.2, 0.25) is 0 Å². The second kappa shape index (κ2) is 4.09. The van der Waals surface area contributed by atoms with Gasteiger partial charge in [0.1, 0.15) is 12.4 Å². The van der Waals surface area contributed by atoms with Crippen molar-refractivity contribution in [2.45, 2.75) is 19.5 Å². The van der Waals surface area contributed by atoms with Gasteiger partial charge >= 0.3 is 5.97 Å². The van der Waals surface area contributed by atoms with E-state index >= 15 is 0 Å². The van der Waals surface area contributed by atoms with E-state index in [4.69, 9.17) is 5.11 Å². The number of carboxylic acids is 1. The molecular formula is C10H11FO3. The molecule has 0 radical (unpaired) electrons. The van der Waals surface area contributed by atoms with Crippen LogP contribution in [0.3, 0.4) is 0 Å². The van der Waals surface area contributed by atoms with Crippen LogP contribution in [-0.4, -0.2) is 16.2 Å². The molecule has 1 rings (SSSR count). The van der Waals surface area contributed by atoms with Gasteiger partial charge in [-0.15, -0.1) is 0 Å². The van der Waals surface area contributed by atoms with Crippen molar-refractivity contribution < 1.29 is 19.4 Å². The van der Waals surface area contributed by atoms with Gasteiger partial charge in [0.2, 0.25) is 0 Å². The lowest BCUT2D eigenvalue weighted by Crippen LogP contribution is -2.08. The standard InChI is InChI=1S/C10H11FO3/c1-6(10(13)14)8-4-2-3-7(5-11)9(8)12/h2-4,6,12H,5H2,1H3,(H,13,14). The third-order valence-electron chi connectivity index (χ3n) is 2.13. The third-order valence-corrected chi connectivity index (χ3v) is 2.13. The molecule has 4 heteroatoms.